The van der Waals surface area contributed by atoms with Crippen LogP contribution in [0.25, 0.3) is 0 Å². The highest BCUT2D eigenvalue weighted by Gasteiger charge is 2.58. The molecule has 4 rings (SSSR count). The van der Waals surface area contributed by atoms with Crippen molar-refractivity contribution >= 4 is 0 Å². The zero-order valence-corrected chi connectivity index (χ0v) is 18.9. The van der Waals surface area contributed by atoms with Crippen molar-refractivity contribution in [1.82, 2.24) is 0 Å². The average molecular weight is 385 g/mol. The van der Waals surface area contributed by atoms with Crippen LogP contribution in [0, 0.1) is 46.3 Å². The van der Waals surface area contributed by atoms with Crippen molar-refractivity contribution in [3.8, 4) is 0 Å². The summed E-state index contributed by atoms with van der Waals surface area (Å²) in [5.41, 5.74) is 2.71. The summed E-state index contributed by atoms with van der Waals surface area (Å²) in [6.07, 6.45) is 21.2. The maximum atomic E-state index is 9.31. The summed E-state index contributed by atoms with van der Waals surface area (Å²) in [5.74, 6) is 5.06. The van der Waals surface area contributed by atoms with Crippen LogP contribution in [0.1, 0.15) is 91.9 Å². The second kappa shape index (κ2) is 7.93. The minimum atomic E-state index is 0.351. The lowest BCUT2D eigenvalue weighted by molar-refractivity contribution is -0.0451. The van der Waals surface area contributed by atoms with Gasteiger partial charge in [-0.1, -0.05) is 58.8 Å². The van der Waals surface area contributed by atoms with E-state index in [2.05, 4.69) is 45.9 Å². The molecule has 1 N–H and O–H groups in total. The first kappa shape index (κ1) is 20.7. The molecule has 2 fully saturated rings. The fourth-order valence-corrected chi connectivity index (χ4v) is 8.36. The Morgan fingerprint density at radius 2 is 1.89 bits per heavy atom. The predicted molar refractivity (Wildman–Crippen MR) is 119 cm³/mol. The lowest BCUT2D eigenvalue weighted by atomic mass is 9.47. The predicted octanol–water partition coefficient (Wildman–Crippen LogP) is 7.17. The van der Waals surface area contributed by atoms with Gasteiger partial charge in [0.15, 0.2) is 0 Å². The monoisotopic (exact) mass is 384 g/mol. The van der Waals surface area contributed by atoms with E-state index in [0.717, 1.165) is 29.6 Å². The maximum absolute atomic E-state index is 9.31. The molecule has 4 aliphatic rings. The molecule has 1 unspecified atom stereocenters. The topological polar surface area (TPSA) is 20.2 Å². The summed E-state index contributed by atoms with van der Waals surface area (Å²) in [6.45, 7) is 10.4. The van der Waals surface area contributed by atoms with Crippen LogP contribution in [-0.2, 0) is 0 Å². The number of hydrogen-bond donors (Lipinski definition) is 1. The Labute approximate surface area is 174 Å². The number of allylic oxidation sites excluding steroid dienone is 4. The van der Waals surface area contributed by atoms with Crippen LogP contribution in [-0.4, -0.2) is 11.7 Å². The molecule has 4 aliphatic carbocycles. The van der Waals surface area contributed by atoms with Gasteiger partial charge in [-0.2, -0.15) is 0 Å². The van der Waals surface area contributed by atoms with Gasteiger partial charge in [0.1, 0.15) is 0 Å². The zero-order valence-electron chi connectivity index (χ0n) is 18.9. The van der Waals surface area contributed by atoms with E-state index in [1.54, 1.807) is 5.57 Å². The third-order valence-corrected chi connectivity index (χ3v) is 10.1. The Kier molecular flexibility index (Phi) is 5.87. The van der Waals surface area contributed by atoms with E-state index in [9.17, 15) is 5.11 Å². The average Bonchev–Trinajstić information content (AvgIpc) is 3.04. The second-order valence-corrected chi connectivity index (χ2v) is 11.6. The van der Waals surface area contributed by atoms with Crippen LogP contribution < -0.4 is 0 Å². The highest BCUT2D eigenvalue weighted by atomic mass is 16.3. The molecule has 0 aromatic heterocycles. The molecule has 0 saturated heterocycles. The molecule has 0 bridgehead atoms. The first-order chi connectivity index (χ1) is 13.4. The SMILES string of the molecule is CC(CO)CCC[C@@H](C)[C@H]1CC[C@H]2[C@@H]3CC=C4C=CCC[C@]4(C)[C@H]3CC[C@]12C. The maximum Gasteiger partial charge on any atom is 0.0456 e. The first-order valence-corrected chi connectivity index (χ1v) is 12.4. The van der Waals surface area contributed by atoms with Crippen LogP contribution in [0.15, 0.2) is 23.8 Å². The Morgan fingerprint density at radius 1 is 1.07 bits per heavy atom. The normalized spacial score (nSPS) is 44.2. The first-order valence-electron chi connectivity index (χ1n) is 12.4. The number of fused-ring (bicyclic) bond motifs is 5. The third kappa shape index (κ3) is 3.34. The van der Waals surface area contributed by atoms with E-state index in [1.165, 1.54) is 64.2 Å². The number of aliphatic hydroxyl groups excluding tert-OH is 1. The molecular weight excluding hydrogens is 340 g/mol. The summed E-state index contributed by atoms with van der Waals surface area (Å²) >= 11 is 0. The number of hydrogen-bond acceptors (Lipinski definition) is 1. The van der Waals surface area contributed by atoms with Gasteiger partial charge in [-0.25, -0.2) is 0 Å². The van der Waals surface area contributed by atoms with Crippen molar-refractivity contribution in [3.05, 3.63) is 23.8 Å². The van der Waals surface area contributed by atoms with E-state index < -0.39 is 0 Å². The summed E-state index contributed by atoms with van der Waals surface area (Å²) in [5, 5.41) is 9.31. The van der Waals surface area contributed by atoms with Gasteiger partial charge in [0.2, 0.25) is 0 Å². The van der Waals surface area contributed by atoms with Gasteiger partial charge >= 0.3 is 0 Å². The van der Waals surface area contributed by atoms with Crippen molar-refractivity contribution in [2.24, 2.45) is 46.3 Å². The van der Waals surface area contributed by atoms with Gasteiger partial charge in [0, 0.05) is 6.61 Å². The van der Waals surface area contributed by atoms with E-state index >= 15 is 0 Å². The summed E-state index contributed by atoms with van der Waals surface area (Å²) < 4.78 is 0. The second-order valence-electron chi connectivity index (χ2n) is 11.6. The molecular formula is C27H44O. The van der Waals surface area contributed by atoms with E-state index in [-0.39, 0.29) is 0 Å². The highest BCUT2D eigenvalue weighted by molar-refractivity contribution is 5.34. The lowest BCUT2D eigenvalue weighted by Gasteiger charge is -2.57. The van der Waals surface area contributed by atoms with E-state index in [0.29, 0.717) is 23.4 Å². The minimum Gasteiger partial charge on any atom is -0.396 e. The van der Waals surface area contributed by atoms with E-state index in [4.69, 9.17) is 0 Å². The smallest absolute Gasteiger partial charge is 0.0456 e. The summed E-state index contributed by atoms with van der Waals surface area (Å²) in [7, 11) is 0. The van der Waals surface area contributed by atoms with Crippen LogP contribution in [0.3, 0.4) is 0 Å². The molecule has 1 heteroatoms. The molecule has 0 heterocycles. The minimum absolute atomic E-state index is 0.351. The molecule has 28 heavy (non-hydrogen) atoms. The Morgan fingerprint density at radius 3 is 2.68 bits per heavy atom. The summed E-state index contributed by atoms with van der Waals surface area (Å²) in [6, 6.07) is 0. The largest absolute Gasteiger partial charge is 0.396 e. The molecule has 0 amide bonds. The van der Waals surface area contributed by atoms with Gasteiger partial charge in [-0.15, -0.1) is 0 Å². The lowest BCUT2D eigenvalue weighted by Crippen LogP contribution is -2.49. The number of aliphatic hydroxyl groups is 1. The molecule has 2 saturated carbocycles. The number of rotatable bonds is 6. The molecule has 0 aromatic carbocycles. The molecule has 8 atom stereocenters. The van der Waals surface area contributed by atoms with E-state index in [1.807, 2.05) is 0 Å². The standard InChI is InChI=1S/C27H44O/c1-19(18-28)8-7-9-20(2)23-13-14-24-22-12-11-21-10-5-6-16-26(21,3)25(22)15-17-27(23,24)4/h5,10-11,19-20,22-25,28H,6-9,12-18H2,1-4H3/t19?,20-,22+,23-,24+,25+,26+,27-/m1/s1. The quantitative estimate of drug-likeness (QED) is 0.515. The van der Waals surface area contributed by atoms with Crippen molar-refractivity contribution in [2.45, 2.75) is 91.9 Å². The van der Waals surface area contributed by atoms with Gasteiger partial charge in [-0.3, -0.25) is 0 Å². The van der Waals surface area contributed by atoms with Gasteiger partial charge in [-0.05, 0) is 103 Å². The van der Waals surface area contributed by atoms with Crippen molar-refractivity contribution in [3.63, 3.8) is 0 Å². The fourth-order valence-electron chi connectivity index (χ4n) is 8.36. The van der Waals surface area contributed by atoms with Crippen LogP contribution in [0.2, 0.25) is 0 Å². The Bertz CT molecular complexity index is 618. The molecule has 1 nitrogen and oxygen atoms in total. The van der Waals surface area contributed by atoms with Crippen molar-refractivity contribution in [1.29, 1.82) is 0 Å². The van der Waals surface area contributed by atoms with Crippen LogP contribution >= 0.6 is 0 Å². The molecule has 0 aliphatic heterocycles. The van der Waals surface area contributed by atoms with Crippen molar-refractivity contribution in [2.75, 3.05) is 6.61 Å². The molecule has 0 radical (unpaired) electrons. The molecule has 0 spiro atoms. The zero-order chi connectivity index (χ0) is 19.9. The fraction of sp³-hybridized carbons (Fsp3) is 0.852. The third-order valence-electron chi connectivity index (χ3n) is 10.1. The van der Waals surface area contributed by atoms with Crippen molar-refractivity contribution < 1.29 is 5.11 Å². The Balaban J connectivity index is 1.46. The molecule has 0 aromatic rings. The highest BCUT2D eigenvalue weighted by Crippen LogP contribution is 2.66. The van der Waals surface area contributed by atoms with Crippen LogP contribution in [0.5, 0.6) is 0 Å². The van der Waals surface area contributed by atoms with Gasteiger partial charge < -0.3 is 5.11 Å². The molecule has 158 valence electrons. The Hall–Kier alpha value is -0.560. The van der Waals surface area contributed by atoms with Gasteiger partial charge in [0.25, 0.3) is 0 Å². The van der Waals surface area contributed by atoms with Crippen LogP contribution in [0.4, 0.5) is 0 Å². The summed E-state index contributed by atoms with van der Waals surface area (Å²) in [4.78, 5) is 0. The van der Waals surface area contributed by atoms with Gasteiger partial charge in [0.05, 0.1) is 0 Å².